The summed E-state index contributed by atoms with van der Waals surface area (Å²) in [5, 5.41) is 8.19. The van der Waals surface area contributed by atoms with Crippen LogP contribution in [0.3, 0.4) is 0 Å². The number of carbonyl (C=O) groups is 1. The van der Waals surface area contributed by atoms with E-state index >= 15 is 0 Å². The Bertz CT molecular complexity index is 833. The zero-order valence-corrected chi connectivity index (χ0v) is 13.4. The molecule has 0 bridgehead atoms. The van der Waals surface area contributed by atoms with Gasteiger partial charge in [-0.2, -0.15) is 5.10 Å². The van der Waals surface area contributed by atoms with Gasteiger partial charge in [0.1, 0.15) is 0 Å². The molecule has 1 amide bonds. The van der Waals surface area contributed by atoms with Gasteiger partial charge < -0.3 is 5.32 Å². The first kappa shape index (κ1) is 15.5. The van der Waals surface area contributed by atoms with Crippen molar-refractivity contribution < 1.29 is 4.79 Å². The number of amides is 1. The molecule has 0 unspecified atom stereocenters. The van der Waals surface area contributed by atoms with Crippen LogP contribution in [0.1, 0.15) is 15.9 Å². The number of hydrogen-bond donors (Lipinski definition) is 1. The molecule has 0 fully saturated rings. The van der Waals surface area contributed by atoms with Gasteiger partial charge in [0.05, 0.1) is 12.1 Å². The fraction of sp³-hybridized carbons (Fsp3) is 0.0625. The van der Waals surface area contributed by atoms with E-state index in [4.69, 9.17) is 23.2 Å². The molecule has 2 aromatic heterocycles. The van der Waals surface area contributed by atoms with Crippen LogP contribution < -0.4 is 5.32 Å². The third-order valence-electron chi connectivity index (χ3n) is 3.15. The molecule has 116 valence electrons. The van der Waals surface area contributed by atoms with Gasteiger partial charge in [-0.15, -0.1) is 0 Å². The molecule has 0 aliphatic carbocycles. The molecule has 7 heteroatoms. The Morgan fingerprint density at radius 2 is 2.09 bits per heavy atom. The number of halogens is 2. The number of benzene rings is 1. The van der Waals surface area contributed by atoms with Crippen molar-refractivity contribution in [2.24, 2.45) is 0 Å². The maximum atomic E-state index is 12.0. The van der Waals surface area contributed by atoms with Gasteiger partial charge in [-0.05, 0) is 29.8 Å². The summed E-state index contributed by atoms with van der Waals surface area (Å²) in [6.45, 7) is 0.485. The molecular weight excluding hydrogens is 335 g/mol. The quantitative estimate of drug-likeness (QED) is 0.779. The number of carbonyl (C=O) groups excluding carboxylic acids is 1. The smallest absolute Gasteiger partial charge is 0.258 e. The molecule has 3 rings (SSSR count). The molecular formula is C16H12Cl2N4O. The van der Waals surface area contributed by atoms with Gasteiger partial charge >= 0.3 is 0 Å². The standard InChI is InChI=1S/C16H12Cl2N4O/c17-13-4-3-12(14(18)8-13)10-22-7-5-15(21-22)20-16(23)11-2-1-6-19-9-11/h1-9H,10H2,(H,20,21,23). The second-order valence-electron chi connectivity index (χ2n) is 4.83. The topological polar surface area (TPSA) is 59.8 Å². The molecule has 0 atom stereocenters. The molecule has 23 heavy (non-hydrogen) atoms. The van der Waals surface area contributed by atoms with E-state index in [-0.39, 0.29) is 5.91 Å². The predicted octanol–water partition coefficient (Wildman–Crippen LogP) is 3.89. The average molecular weight is 347 g/mol. The number of nitrogens with zero attached hydrogens (tertiary/aromatic N) is 3. The lowest BCUT2D eigenvalue weighted by Crippen LogP contribution is -2.13. The fourth-order valence-electron chi connectivity index (χ4n) is 2.03. The maximum Gasteiger partial charge on any atom is 0.258 e. The summed E-state index contributed by atoms with van der Waals surface area (Å²) >= 11 is 12.0. The van der Waals surface area contributed by atoms with Crippen LogP contribution in [0, 0.1) is 0 Å². The Morgan fingerprint density at radius 1 is 1.22 bits per heavy atom. The van der Waals surface area contributed by atoms with Crippen LogP contribution in [0.5, 0.6) is 0 Å². The van der Waals surface area contributed by atoms with E-state index in [2.05, 4.69) is 15.4 Å². The van der Waals surface area contributed by atoms with E-state index < -0.39 is 0 Å². The monoisotopic (exact) mass is 346 g/mol. The lowest BCUT2D eigenvalue weighted by Gasteiger charge is -2.05. The zero-order valence-electron chi connectivity index (χ0n) is 11.9. The molecule has 3 aromatic rings. The number of rotatable bonds is 4. The first-order chi connectivity index (χ1) is 11.1. The summed E-state index contributed by atoms with van der Waals surface area (Å²) in [6.07, 6.45) is 4.88. The van der Waals surface area contributed by atoms with Crippen molar-refractivity contribution in [1.29, 1.82) is 0 Å². The summed E-state index contributed by atoms with van der Waals surface area (Å²) in [5.41, 5.74) is 1.37. The summed E-state index contributed by atoms with van der Waals surface area (Å²) in [4.78, 5) is 16.0. The van der Waals surface area contributed by atoms with Crippen LogP contribution in [-0.2, 0) is 6.54 Å². The van der Waals surface area contributed by atoms with Crippen LogP contribution in [0.25, 0.3) is 0 Å². The van der Waals surface area contributed by atoms with E-state index in [0.29, 0.717) is 28.0 Å². The van der Waals surface area contributed by atoms with Crippen molar-refractivity contribution in [2.45, 2.75) is 6.54 Å². The molecule has 5 nitrogen and oxygen atoms in total. The average Bonchev–Trinajstić information content (AvgIpc) is 2.98. The van der Waals surface area contributed by atoms with Crippen molar-refractivity contribution in [1.82, 2.24) is 14.8 Å². The highest BCUT2D eigenvalue weighted by Crippen LogP contribution is 2.21. The minimum absolute atomic E-state index is 0.257. The molecule has 0 radical (unpaired) electrons. The van der Waals surface area contributed by atoms with Crippen molar-refractivity contribution >= 4 is 34.9 Å². The highest BCUT2D eigenvalue weighted by Gasteiger charge is 2.09. The van der Waals surface area contributed by atoms with Crippen molar-refractivity contribution in [3.05, 3.63) is 76.2 Å². The highest BCUT2D eigenvalue weighted by molar-refractivity contribution is 6.35. The number of pyridine rings is 1. The molecule has 0 saturated heterocycles. The summed E-state index contributed by atoms with van der Waals surface area (Å²) in [5.74, 6) is 0.205. The third kappa shape index (κ3) is 3.88. The SMILES string of the molecule is O=C(Nc1ccn(Cc2ccc(Cl)cc2Cl)n1)c1cccnc1. The lowest BCUT2D eigenvalue weighted by atomic mass is 10.2. The van der Waals surface area contributed by atoms with Crippen LogP contribution in [0.15, 0.2) is 55.0 Å². The van der Waals surface area contributed by atoms with Crippen LogP contribution >= 0.6 is 23.2 Å². The number of aromatic nitrogens is 3. The lowest BCUT2D eigenvalue weighted by molar-refractivity contribution is 0.102. The largest absolute Gasteiger partial charge is 0.305 e. The van der Waals surface area contributed by atoms with Gasteiger partial charge in [0.2, 0.25) is 0 Å². The van der Waals surface area contributed by atoms with Gasteiger partial charge in [-0.25, -0.2) is 0 Å². The van der Waals surface area contributed by atoms with Gasteiger partial charge in [0.25, 0.3) is 5.91 Å². The third-order valence-corrected chi connectivity index (χ3v) is 3.74. The molecule has 1 N–H and O–H groups in total. The molecule has 2 heterocycles. The van der Waals surface area contributed by atoms with E-state index in [9.17, 15) is 4.79 Å². The van der Waals surface area contributed by atoms with E-state index in [0.717, 1.165) is 5.56 Å². The molecule has 0 aliphatic rings. The summed E-state index contributed by atoms with van der Waals surface area (Å²) < 4.78 is 1.69. The van der Waals surface area contributed by atoms with E-state index in [1.165, 1.54) is 6.20 Å². The van der Waals surface area contributed by atoms with E-state index in [1.807, 2.05) is 6.07 Å². The van der Waals surface area contributed by atoms with Crippen LogP contribution in [0.4, 0.5) is 5.82 Å². The van der Waals surface area contributed by atoms with Gasteiger partial charge in [-0.1, -0.05) is 29.3 Å². The Labute approximate surface area is 142 Å². The Balaban J connectivity index is 1.70. The minimum Gasteiger partial charge on any atom is -0.305 e. The van der Waals surface area contributed by atoms with Crippen molar-refractivity contribution in [3.8, 4) is 0 Å². The second kappa shape index (κ2) is 6.81. The Kier molecular flexibility index (Phi) is 4.60. The van der Waals surface area contributed by atoms with E-state index in [1.54, 1.807) is 47.4 Å². The van der Waals surface area contributed by atoms with Gasteiger partial charge in [0, 0.05) is 34.7 Å². The normalized spacial score (nSPS) is 10.5. The first-order valence-electron chi connectivity index (χ1n) is 6.80. The molecule has 1 aromatic carbocycles. The highest BCUT2D eigenvalue weighted by atomic mass is 35.5. The summed E-state index contributed by atoms with van der Waals surface area (Å²) in [6, 6.07) is 10.4. The molecule has 0 saturated carbocycles. The minimum atomic E-state index is -0.257. The predicted molar refractivity (Wildman–Crippen MR) is 90.0 cm³/mol. The first-order valence-corrected chi connectivity index (χ1v) is 7.56. The Morgan fingerprint density at radius 3 is 2.83 bits per heavy atom. The zero-order chi connectivity index (χ0) is 16.2. The fourth-order valence-corrected chi connectivity index (χ4v) is 2.49. The summed E-state index contributed by atoms with van der Waals surface area (Å²) in [7, 11) is 0. The molecule has 0 spiro atoms. The second-order valence-corrected chi connectivity index (χ2v) is 5.67. The van der Waals surface area contributed by atoms with Crippen LogP contribution in [-0.4, -0.2) is 20.7 Å². The molecule has 0 aliphatic heterocycles. The van der Waals surface area contributed by atoms with Crippen molar-refractivity contribution in [3.63, 3.8) is 0 Å². The van der Waals surface area contributed by atoms with Crippen molar-refractivity contribution in [2.75, 3.05) is 5.32 Å². The Hall–Kier alpha value is -2.37. The number of nitrogens with one attached hydrogen (secondary N) is 1. The number of anilines is 1. The van der Waals surface area contributed by atoms with Crippen LogP contribution in [0.2, 0.25) is 10.0 Å². The van der Waals surface area contributed by atoms with Gasteiger partial charge in [0.15, 0.2) is 5.82 Å². The van der Waals surface area contributed by atoms with Gasteiger partial charge in [-0.3, -0.25) is 14.5 Å². The maximum absolute atomic E-state index is 12.0. The number of hydrogen-bond acceptors (Lipinski definition) is 3.